The minimum atomic E-state index is -0.969. The van der Waals surface area contributed by atoms with Crippen LogP contribution in [0.5, 0.6) is 0 Å². The number of hydrogen-bond donors (Lipinski definition) is 4. The lowest BCUT2D eigenvalue weighted by Crippen LogP contribution is -2.54. The van der Waals surface area contributed by atoms with E-state index in [1.54, 1.807) is 0 Å². The van der Waals surface area contributed by atoms with Crippen molar-refractivity contribution in [1.82, 2.24) is 0 Å². The van der Waals surface area contributed by atoms with Crippen molar-refractivity contribution in [2.24, 2.45) is 5.73 Å². The lowest BCUT2D eigenvalue weighted by molar-refractivity contribution is -0.0645. The van der Waals surface area contributed by atoms with Crippen LogP contribution in [0.2, 0.25) is 0 Å². The summed E-state index contributed by atoms with van der Waals surface area (Å²) in [6.45, 7) is 0. The molecule has 0 aromatic heterocycles. The fraction of sp³-hybridized carbons (Fsp3) is 1.00. The van der Waals surface area contributed by atoms with Crippen LogP contribution in [0.3, 0.4) is 0 Å². The highest BCUT2D eigenvalue weighted by Crippen LogP contribution is 2.17. The molecule has 0 saturated heterocycles. The first kappa shape index (κ1) is 7.94. The van der Waals surface area contributed by atoms with Gasteiger partial charge in [-0.1, -0.05) is 0 Å². The van der Waals surface area contributed by atoms with Gasteiger partial charge in [-0.2, -0.15) is 0 Å². The van der Waals surface area contributed by atoms with Crippen LogP contribution < -0.4 is 5.73 Å². The first-order valence-electron chi connectivity index (χ1n) is 3.42. The maximum atomic E-state index is 9.08. The Morgan fingerprint density at radius 1 is 1.00 bits per heavy atom. The molecule has 4 atom stereocenters. The van der Waals surface area contributed by atoms with Gasteiger partial charge in [-0.05, 0) is 12.8 Å². The van der Waals surface area contributed by atoms with Crippen LogP contribution in [0.4, 0.5) is 0 Å². The molecule has 1 fully saturated rings. The van der Waals surface area contributed by atoms with Crippen molar-refractivity contribution in [3.8, 4) is 0 Å². The molecule has 10 heavy (non-hydrogen) atoms. The van der Waals surface area contributed by atoms with E-state index in [9.17, 15) is 0 Å². The predicted octanol–water partition coefficient (Wildman–Crippen LogP) is -1.81. The molecule has 4 heteroatoms. The number of nitrogens with two attached hydrogens (primary N) is 1. The van der Waals surface area contributed by atoms with E-state index in [2.05, 4.69) is 0 Å². The Morgan fingerprint density at radius 2 is 1.50 bits per heavy atom. The van der Waals surface area contributed by atoms with Crippen LogP contribution in [-0.2, 0) is 0 Å². The van der Waals surface area contributed by atoms with Gasteiger partial charge in [-0.25, -0.2) is 0 Å². The molecule has 0 spiro atoms. The molecule has 5 N–H and O–H groups in total. The van der Waals surface area contributed by atoms with Crippen LogP contribution in [-0.4, -0.2) is 39.7 Å². The molecule has 0 unspecified atom stereocenters. The minimum absolute atomic E-state index is 0.427. The molecule has 4 nitrogen and oxygen atoms in total. The second kappa shape index (κ2) is 2.84. The molecule has 1 aliphatic rings. The van der Waals surface area contributed by atoms with Crippen LogP contribution in [0.15, 0.2) is 0 Å². The molecule has 0 heterocycles. The van der Waals surface area contributed by atoms with Crippen LogP contribution in [0.25, 0.3) is 0 Å². The molecule has 0 radical (unpaired) electrons. The second-order valence-corrected chi connectivity index (χ2v) is 2.78. The smallest absolute Gasteiger partial charge is 0.0974 e. The monoisotopic (exact) mass is 147 g/mol. The Morgan fingerprint density at radius 3 is 2.00 bits per heavy atom. The summed E-state index contributed by atoms with van der Waals surface area (Å²) in [5.74, 6) is 0. The Hall–Kier alpha value is -0.160. The lowest BCUT2D eigenvalue weighted by Gasteiger charge is -2.32. The van der Waals surface area contributed by atoms with Crippen molar-refractivity contribution in [2.75, 3.05) is 0 Å². The average Bonchev–Trinajstić information content (AvgIpc) is 1.93. The zero-order valence-electron chi connectivity index (χ0n) is 5.64. The van der Waals surface area contributed by atoms with E-state index >= 15 is 0 Å². The second-order valence-electron chi connectivity index (χ2n) is 2.78. The summed E-state index contributed by atoms with van der Waals surface area (Å²) in [6, 6.07) is -0.691. The molecular weight excluding hydrogens is 134 g/mol. The number of aliphatic hydroxyl groups is 3. The lowest BCUT2D eigenvalue weighted by atomic mass is 9.88. The Kier molecular flexibility index (Phi) is 2.25. The summed E-state index contributed by atoms with van der Waals surface area (Å²) in [5, 5.41) is 27.2. The molecular formula is C6H13NO3. The highest BCUT2D eigenvalue weighted by atomic mass is 16.3. The van der Waals surface area contributed by atoms with Gasteiger partial charge in [-0.15, -0.1) is 0 Å². The van der Waals surface area contributed by atoms with E-state index < -0.39 is 24.4 Å². The van der Waals surface area contributed by atoms with Crippen molar-refractivity contribution in [3.63, 3.8) is 0 Å². The van der Waals surface area contributed by atoms with E-state index in [1.807, 2.05) is 0 Å². The Labute approximate surface area is 59.3 Å². The van der Waals surface area contributed by atoms with E-state index in [0.29, 0.717) is 12.8 Å². The van der Waals surface area contributed by atoms with Gasteiger partial charge < -0.3 is 21.1 Å². The van der Waals surface area contributed by atoms with Crippen molar-refractivity contribution < 1.29 is 15.3 Å². The van der Waals surface area contributed by atoms with Crippen molar-refractivity contribution >= 4 is 0 Å². The van der Waals surface area contributed by atoms with Crippen LogP contribution >= 0.6 is 0 Å². The molecule has 0 bridgehead atoms. The zero-order valence-corrected chi connectivity index (χ0v) is 5.64. The molecule has 1 rings (SSSR count). The maximum Gasteiger partial charge on any atom is 0.0974 e. The first-order valence-corrected chi connectivity index (χ1v) is 3.42. The maximum absolute atomic E-state index is 9.08. The Bertz CT molecular complexity index is 106. The first-order chi connectivity index (χ1) is 4.63. The van der Waals surface area contributed by atoms with Gasteiger partial charge in [0.15, 0.2) is 0 Å². The summed E-state index contributed by atoms with van der Waals surface area (Å²) in [5.41, 5.74) is 5.35. The third-order valence-electron chi connectivity index (χ3n) is 1.99. The van der Waals surface area contributed by atoms with Gasteiger partial charge >= 0.3 is 0 Å². The highest BCUT2D eigenvalue weighted by molar-refractivity contribution is 4.89. The normalized spacial score (nSPS) is 49.2. The van der Waals surface area contributed by atoms with Crippen molar-refractivity contribution in [2.45, 2.75) is 37.2 Å². The predicted molar refractivity (Wildman–Crippen MR) is 35.2 cm³/mol. The van der Waals surface area contributed by atoms with Crippen molar-refractivity contribution in [1.29, 1.82) is 0 Å². The fourth-order valence-corrected chi connectivity index (χ4v) is 1.19. The largest absolute Gasteiger partial charge is 0.391 e. The third kappa shape index (κ3) is 1.29. The summed E-state index contributed by atoms with van der Waals surface area (Å²) in [7, 11) is 0. The molecule has 0 aromatic rings. The van der Waals surface area contributed by atoms with Crippen molar-refractivity contribution in [3.05, 3.63) is 0 Å². The number of hydrogen-bond acceptors (Lipinski definition) is 4. The topological polar surface area (TPSA) is 86.7 Å². The van der Waals surface area contributed by atoms with E-state index in [4.69, 9.17) is 21.1 Å². The van der Waals surface area contributed by atoms with Gasteiger partial charge in [-0.3, -0.25) is 0 Å². The summed E-state index contributed by atoms with van der Waals surface area (Å²) in [6.07, 6.45) is -1.50. The van der Waals surface area contributed by atoms with Crippen LogP contribution in [0.1, 0.15) is 12.8 Å². The third-order valence-corrected chi connectivity index (χ3v) is 1.99. The summed E-state index contributed by atoms with van der Waals surface area (Å²) in [4.78, 5) is 0. The minimum Gasteiger partial charge on any atom is -0.391 e. The standard InChI is InChI=1S/C6H13NO3/c7-5-3(8)1-2-4(9)6(5)10/h3-6,8-10H,1-2,7H2/t3-,4+,5-,6+/m1/s1. The number of aliphatic hydroxyl groups excluding tert-OH is 3. The van der Waals surface area contributed by atoms with E-state index in [0.717, 1.165) is 0 Å². The molecule has 0 aliphatic heterocycles. The highest BCUT2D eigenvalue weighted by Gasteiger charge is 2.33. The van der Waals surface area contributed by atoms with Gasteiger partial charge in [0.25, 0.3) is 0 Å². The van der Waals surface area contributed by atoms with Gasteiger partial charge in [0.05, 0.1) is 24.4 Å². The van der Waals surface area contributed by atoms with Crippen LogP contribution in [0, 0.1) is 0 Å². The van der Waals surface area contributed by atoms with E-state index in [-0.39, 0.29) is 0 Å². The molecule has 0 aromatic carbocycles. The average molecular weight is 147 g/mol. The molecule has 1 saturated carbocycles. The summed E-state index contributed by atoms with van der Waals surface area (Å²) >= 11 is 0. The fourth-order valence-electron chi connectivity index (χ4n) is 1.19. The Balaban J connectivity index is 2.52. The van der Waals surface area contributed by atoms with E-state index in [1.165, 1.54) is 0 Å². The summed E-state index contributed by atoms with van der Waals surface area (Å²) < 4.78 is 0. The van der Waals surface area contributed by atoms with Gasteiger partial charge in [0.1, 0.15) is 0 Å². The molecule has 60 valence electrons. The van der Waals surface area contributed by atoms with Gasteiger partial charge in [0, 0.05) is 0 Å². The molecule has 1 aliphatic carbocycles. The number of rotatable bonds is 0. The quantitative estimate of drug-likeness (QED) is 0.325. The zero-order chi connectivity index (χ0) is 7.72. The SMILES string of the molecule is N[C@H]1[C@@H](O)[C@@H](O)CC[C@H]1O. The molecule has 0 amide bonds. The van der Waals surface area contributed by atoms with Gasteiger partial charge in [0.2, 0.25) is 0 Å².